The van der Waals surface area contributed by atoms with Crippen LogP contribution in [0.1, 0.15) is 63.5 Å². The Morgan fingerprint density at radius 2 is 1.91 bits per heavy atom. The largest absolute Gasteiger partial charge is 0.360 e. The molecule has 2 aliphatic rings. The van der Waals surface area contributed by atoms with E-state index >= 15 is 0 Å². The maximum absolute atomic E-state index is 12.2. The van der Waals surface area contributed by atoms with E-state index in [4.69, 9.17) is 4.52 Å². The molecule has 0 radical (unpaired) electrons. The number of sulfonamides is 1. The number of hydrogen-bond donors (Lipinski definition) is 2. The zero-order valence-electron chi connectivity index (χ0n) is 12.8. The Hall–Kier alpha value is -1.67. The summed E-state index contributed by atoms with van der Waals surface area (Å²) in [6.45, 7) is 3.28. The van der Waals surface area contributed by atoms with Gasteiger partial charge in [-0.2, -0.15) is 0 Å². The Kier molecular flexibility index (Phi) is 4.54. The highest BCUT2D eigenvalue weighted by molar-refractivity contribution is 7.92. The van der Waals surface area contributed by atoms with Crippen LogP contribution in [0.25, 0.3) is 0 Å². The highest BCUT2D eigenvalue weighted by atomic mass is 32.2. The zero-order valence-corrected chi connectivity index (χ0v) is 13.6. The SMILES string of the molecule is C=CS(=O)(=O)NC1CCC(NC(=O)c2cc(C3CC3)on2)CC1.[HH].[HH]. The average molecular weight is 343 g/mol. The van der Waals surface area contributed by atoms with Crippen LogP contribution in [0.15, 0.2) is 22.6 Å². The molecular weight excluding hydrogens is 318 g/mol. The fraction of sp³-hybridized carbons (Fsp3) is 0.600. The molecule has 1 aromatic heterocycles. The number of hydrogen-bond acceptors (Lipinski definition) is 5. The van der Waals surface area contributed by atoms with E-state index < -0.39 is 10.0 Å². The van der Waals surface area contributed by atoms with Gasteiger partial charge >= 0.3 is 0 Å². The maximum Gasteiger partial charge on any atom is 0.273 e. The van der Waals surface area contributed by atoms with E-state index in [2.05, 4.69) is 21.8 Å². The molecule has 1 heterocycles. The molecule has 7 nitrogen and oxygen atoms in total. The van der Waals surface area contributed by atoms with Crippen molar-refractivity contribution in [3.05, 3.63) is 29.5 Å². The summed E-state index contributed by atoms with van der Waals surface area (Å²) in [7, 11) is -3.40. The summed E-state index contributed by atoms with van der Waals surface area (Å²) >= 11 is 0. The Morgan fingerprint density at radius 3 is 2.52 bits per heavy atom. The summed E-state index contributed by atoms with van der Waals surface area (Å²) in [5, 5.41) is 7.69. The minimum atomic E-state index is -3.40. The van der Waals surface area contributed by atoms with Crippen LogP contribution in [0, 0.1) is 0 Å². The number of carbonyl (C=O) groups is 1. The molecule has 0 spiro atoms. The number of carbonyl (C=O) groups excluding carboxylic acids is 1. The van der Waals surface area contributed by atoms with Crippen LogP contribution in [0.2, 0.25) is 0 Å². The van der Waals surface area contributed by atoms with Crippen molar-refractivity contribution < 1.29 is 20.6 Å². The van der Waals surface area contributed by atoms with Gasteiger partial charge in [-0.3, -0.25) is 4.79 Å². The van der Waals surface area contributed by atoms with E-state index in [0.717, 1.165) is 36.9 Å². The molecule has 130 valence electrons. The van der Waals surface area contributed by atoms with Gasteiger partial charge in [0.15, 0.2) is 5.69 Å². The van der Waals surface area contributed by atoms with Gasteiger partial charge in [0.05, 0.1) is 0 Å². The van der Waals surface area contributed by atoms with Crippen LogP contribution in [-0.4, -0.2) is 31.6 Å². The van der Waals surface area contributed by atoms with Crippen molar-refractivity contribution in [1.82, 2.24) is 15.2 Å². The second-order valence-electron chi connectivity index (χ2n) is 6.24. The lowest BCUT2D eigenvalue weighted by molar-refractivity contribution is 0.0916. The van der Waals surface area contributed by atoms with Gasteiger partial charge in [0, 0.05) is 32.3 Å². The van der Waals surface area contributed by atoms with Crippen molar-refractivity contribution in [2.45, 2.75) is 56.5 Å². The molecule has 23 heavy (non-hydrogen) atoms. The smallest absolute Gasteiger partial charge is 0.273 e. The van der Waals surface area contributed by atoms with Crippen molar-refractivity contribution in [2.75, 3.05) is 0 Å². The average Bonchev–Trinajstić information content (AvgIpc) is 3.26. The van der Waals surface area contributed by atoms with Crippen LogP contribution >= 0.6 is 0 Å². The minimum Gasteiger partial charge on any atom is -0.360 e. The molecule has 2 aliphatic carbocycles. The molecule has 8 heteroatoms. The van der Waals surface area contributed by atoms with Gasteiger partial charge < -0.3 is 9.84 Å². The monoisotopic (exact) mass is 343 g/mol. The van der Waals surface area contributed by atoms with E-state index in [1.54, 1.807) is 6.07 Å². The summed E-state index contributed by atoms with van der Waals surface area (Å²) in [4.78, 5) is 12.2. The number of amides is 1. The molecule has 0 aromatic carbocycles. The predicted molar refractivity (Wildman–Crippen MR) is 88.5 cm³/mol. The second kappa shape index (κ2) is 6.45. The summed E-state index contributed by atoms with van der Waals surface area (Å²) in [5.41, 5.74) is 0.321. The Bertz CT molecular complexity index is 695. The van der Waals surface area contributed by atoms with Gasteiger partial charge in [-0.25, -0.2) is 13.1 Å². The first-order chi connectivity index (χ1) is 11.0. The van der Waals surface area contributed by atoms with Crippen molar-refractivity contribution >= 4 is 15.9 Å². The molecular formula is C15H25N3O4S. The van der Waals surface area contributed by atoms with Crippen LogP contribution in [-0.2, 0) is 10.0 Å². The number of nitrogens with zero attached hydrogens (tertiary/aromatic N) is 1. The lowest BCUT2D eigenvalue weighted by atomic mass is 9.92. The molecule has 3 rings (SSSR count). The second-order valence-corrected chi connectivity index (χ2v) is 7.90. The van der Waals surface area contributed by atoms with Crippen LogP contribution < -0.4 is 10.0 Å². The summed E-state index contributed by atoms with van der Waals surface area (Å²) in [6.07, 6.45) is 5.02. The van der Waals surface area contributed by atoms with Crippen LogP contribution in [0.4, 0.5) is 0 Å². The summed E-state index contributed by atoms with van der Waals surface area (Å²) in [5.74, 6) is 0.992. The lowest BCUT2D eigenvalue weighted by Crippen LogP contribution is -2.43. The van der Waals surface area contributed by atoms with Crippen LogP contribution in [0.5, 0.6) is 0 Å². The third-order valence-electron chi connectivity index (χ3n) is 4.35. The number of nitrogens with one attached hydrogen (secondary N) is 2. The van der Waals surface area contributed by atoms with Crippen molar-refractivity contribution in [3.63, 3.8) is 0 Å². The fourth-order valence-electron chi connectivity index (χ4n) is 2.85. The normalized spacial score (nSPS) is 25.0. The lowest BCUT2D eigenvalue weighted by Gasteiger charge is -2.28. The van der Waals surface area contributed by atoms with E-state index in [1.165, 1.54) is 0 Å². The standard InChI is InChI=1S/C15H21N3O4S.2H2/c1-2-23(20,21)18-12-7-5-11(6-8-12)16-15(19)13-9-14(22-17-13)10-3-4-10;;/h2,9-12,18H,1,3-8H2,(H,16,19);2*1H. The Balaban J connectivity index is 0.00000156. The van der Waals surface area contributed by atoms with Gasteiger partial charge in [-0.05, 0) is 38.5 Å². The Morgan fingerprint density at radius 1 is 1.26 bits per heavy atom. The molecule has 2 fully saturated rings. The highest BCUT2D eigenvalue weighted by Gasteiger charge is 2.30. The molecule has 0 aliphatic heterocycles. The molecule has 0 atom stereocenters. The topological polar surface area (TPSA) is 101 Å². The molecule has 0 unspecified atom stereocenters. The summed E-state index contributed by atoms with van der Waals surface area (Å²) in [6, 6.07) is 1.66. The number of rotatable bonds is 6. The van der Waals surface area contributed by atoms with Gasteiger partial charge in [0.2, 0.25) is 10.0 Å². The Labute approximate surface area is 138 Å². The van der Waals surface area contributed by atoms with Crippen molar-refractivity contribution in [3.8, 4) is 0 Å². The highest BCUT2D eigenvalue weighted by Crippen LogP contribution is 2.40. The van der Waals surface area contributed by atoms with E-state index in [-0.39, 0.29) is 20.8 Å². The fourth-order valence-corrected chi connectivity index (χ4v) is 3.65. The van der Waals surface area contributed by atoms with Gasteiger partial charge in [-0.1, -0.05) is 11.7 Å². The zero-order chi connectivity index (χ0) is 16.4. The molecule has 2 N–H and O–H groups in total. The predicted octanol–water partition coefficient (Wildman–Crippen LogP) is 2.15. The first-order valence-corrected chi connectivity index (χ1v) is 9.44. The van der Waals surface area contributed by atoms with Crippen molar-refractivity contribution in [2.24, 2.45) is 0 Å². The number of aromatic nitrogens is 1. The van der Waals surface area contributed by atoms with E-state index in [1.807, 2.05) is 0 Å². The molecule has 2 saturated carbocycles. The van der Waals surface area contributed by atoms with Crippen LogP contribution in [0.3, 0.4) is 0 Å². The van der Waals surface area contributed by atoms with Gasteiger partial charge in [0.1, 0.15) is 5.76 Å². The van der Waals surface area contributed by atoms with E-state index in [0.29, 0.717) is 24.5 Å². The van der Waals surface area contributed by atoms with Gasteiger partial charge in [0.25, 0.3) is 5.91 Å². The molecule has 1 amide bonds. The summed E-state index contributed by atoms with van der Waals surface area (Å²) < 4.78 is 30.7. The molecule has 0 saturated heterocycles. The quantitative estimate of drug-likeness (QED) is 0.824. The first kappa shape index (κ1) is 16.2. The maximum atomic E-state index is 12.2. The molecule has 0 bridgehead atoms. The first-order valence-electron chi connectivity index (χ1n) is 7.89. The third-order valence-corrected chi connectivity index (χ3v) is 5.45. The van der Waals surface area contributed by atoms with Gasteiger partial charge in [-0.15, -0.1) is 0 Å². The van der Waals surface area contributed by atoms with E-state index in [9.17, 15) is 13.2 Å². The molecule has 1 aromatic rings. The third kappa shape index (κ3) is 4.20. The minimum absolute atomic E-state index is 0. The van der Waals surface area contributed by atoms with Crippen molar-refractivity contribution in [1.29, 1.82) is 0 Å².